The first kappa shape index (κ1) is 18.2. The number of phenolic OH excluding ortho intramolecular Hbond substituents is 1. The van der Waals surface area contributed by atoms with Gasteiger partial charge in [0.15, 0.2) is 0 Å². The van der Waals surface area contributed by atoms with Gasteiger partial charge in [-0.05, 0) is 56.5 Å². The van der Waals surface area contributed by atoms with Gasteiger partial charge in [0.25, 0.3) is 0 Å². The molecule has 4 fully saturated rings. The zero-order chi connectivity index (χ0) is 19.3. The van der Waals surface area contributed by atoms with Crippen molar-refractivity contribution in [3.05, 3.63) is 47.3 Å². The Morgan fingerprint density at radius 2 is 2.00 bits per heavy atom. The third-order valence-corrected chi connectivity index (χ3v) is 7.14. The monoisotopic (exact) mass is 382 g/mol. The van der Waals surface area contributed by atoms with Crippen LogP contribution >= 0.6 is 0 Å². The Balaban J connectivity index is 1.45. The van der Waals surface area contributed by atoms with Crippen LogP contribution in [0.1, 0.15) is 35.6 Å². The van der Waals surface area contributed by atoms with E-state index >= 15 is 0 Å². The van der Waals surface area contributed by atoms with Gasteiger partial charge >= 0.3 is 0 Å². The zero-order valence-electron chi connectivity index (χ0n) is 16.5. The molecule has 0 radical (unpaired) electrons. The minimum atomic E-state index is 0.117. The van der Waals surface area contributed by atoms with Crippen molar-refractivity contribution in [3.63, 3.8) is 0 Å². The summed E-state index contributed by atoms with van der Waals surface area (Å²) in [5, 5.41) is 23.8. The fourth-order valence-corrected chi connectivity index (χ4v) is 5.92. The van der Waals surface area contributed by atoms with Crippen molar-refractivity contribution in [2.24, 2.45) is 5.92 Å². The molecule has 1 aromatic heterocycles. The first-order chi connectivity index (χ1) is 13.6. The van der Waals surface area contributed by atoms with Crippen LogP contribution in [0.5, 0.6) is 5.75 Å². The van der Waals surface area contributed by atoms with Crippen LogP contribution in [0.3, 0.4) is 0 Å². The number of aromatic nitrogens is 2. The van der Waals surface area contributed by atoms with Gasteiger partial charge in [0.2, 0.25) is 0 Å². The van der Waals surface area contributed by atoms with Crippen molar-refractivity contribution in [1.82, 2.24) is 19.6 Å². The molecule has 0 aliphatic carbocycles. The summed E-state index contributed by atoms with van der Waals surface area (Å²) >= 11 is 0. The van der Waals surface area contributed by atoms with Gasteiger partial charge in [-0.15, -0.1) is 0 Å². The maximum atomic E-state index is 10.0. The Bertz CT molecular complexity index is 843. The average molecular weight is 383 g/mol. The second kappa shape index (κ2) is 7.17. The van der Waals surface area contributed by atoms with Crippen molar-refractivity contribution in [2.75, 3.05) is 26.2 Å². The minimum absolute atomic E-state index is 0.117. The summed E-state index contributed by atoms with van der Waals surface area (Å²) in [6.07, 6.45) is 4.70. The quantitative estimate of drug-likeness (QED) is 0.828. The molecular formula is C22H30N4O2. The smallest absolute Gasteiger partial charge is 0.115 e. The minimum Gasteiger partial charge on any atom is -0.508 e. The number of aryl methyl sites for hydroxylation is 1. The van der Waals surface area contributed by atoms with E-state index in [2.05, 4.69) is 34.1 Å². The molecule has 4 aliphatic rings. The number of fused-ring (bicyclic) bond motifs is 2. The number of hydrogen-bond acceptors (Lipinski definition) is 5. The number of hydrogen-bond donors (Lipinski definition) is 2. The summed E-state index contributed by atoms with van der Waals surface area (Å²) in [7, 11) is 0. The van der Waals surface area contributed by atoms with Crippen molar-refractivity contribution < 1.29 is 10.2 Å². The lowest BCUT2D eigenvalue weighted by molar-refractivity contribution is -0.00874. The summed E-state index contributed by atoms with van der Waals surface area (Å²) in [4.78, 5) is 5.37. The van der Waals surface area contributed by atoms with Gasteiger partial charge < -0.3 is 10.2 Å². The Kier molecular flexibility index (Phi) is 4.65. The van der Waals surface area contributed by atoms with E-state index in [9.17, 15) is 10.2 Å². The van der Waals surface area contributed by atoms with Crippen LogP contribution in [0.4, 0.5) is 0 Å². The molecule has 3 atom stereocenters. The van der Waals surface area contributed by atoms with Crippen LogP contribution in [0.25, 0.3) is 0 Å². The first-order valence-corrected chi connectivity index (χ1v) is 10.5. The first-order valence-electron chi connectivity index (χ1n) is 10.5. The Labute approximate surface area is 166 Å². The van der Waals surface area contributed by atoms with E-state index in [0.29, 0.717) is 30.3 Å². The molecule has 6 nitrogen and oxygen atoms in total. The summed E-state index contributed by atoms with van der Waals surface area (Å²) in [6.45, 7) is 7.10. The lowest BCUT2D eigenvalue weighted by atomic mass is 9.75. The molecule has 2 aromatic rings. The lowest BCUT2D eigenvalue weighted by Gasteiger charge is -2.51. The summed E-state index contributed by atoms with van der Waals surface area (Å²) in [5.41, 5.74) is 3.59. The molecular weight excluding hydrogens is 352 g/mol. The van der Waals surface area contributed by atoms with E-state index in [1.54, 1.807) is 6.07 Å². The third-order valence-electron chi connectivity index (χ3n) is 7.14. The molecule has 0 amide bonds. The fourth-order valence-electron chi connectivity index (χ4n) is 5.92. The van der Waals surface area contributed by atoms with E-state index < -0.39 is 0 Å². The number of rotatable bonds is 5. The molecule has 4 saturated heterocycles. The van der Waals surface area contributed by atoms with E-state index in [4.69, 9.17) is 0 Å². The number of likely N-dealkylation sites (tertiary alicyclic amines) is 1. The summed E-state index contributed by atoms with van der Waals surface area (Å²) in [5.74, 6) is 1.57. The van der Waals surface area contributed by atoms with Crippen molar-refractivity contribution in [2.45, 2.75) is 50.9 Å². The standard InChI is InChI=1S/C22H30N4O2/c1-15-18(13-26(23-15)9-10-27)12-25-14-20(17-3-2-4-19(28)11-17)22-21(25)16-5-7-24(22)8-6-16/h2-4,11,13,16,20-22,27-28H,5-10,12,14H2,1H3/t20-,21+,22+/m1/s1. The van der Waals surface area contributed by atoms with Crippen molar-refractivity contribution >= 4 is 0 Å². The topological polar surface area (TPSA) is 64.8 Å². The van der Waals surface area contributed by atoms with Gasteiger partial charge in [0.05, 0.1) is 18.8 Å². The van der Waals surface area contributed by atoms with Crippen LogP contribution in [0, 0.1) is 12.8 Å². The maximum Gasteiger partial charge on any atom is 0.115 e. The average Bonchev–Trinajstić information content (AvgIpc) is 3.26. The van der Waals surface area contributed by atoms with E-state index in [1.165, 1.54) is 37.1 Å². The highest BCUT2D eigenvalue weighted by Crippen LogP contribution is 2.47. The second-order valence-electron chi connectivity index (χ2n) is 8.71. The van der Waals surface area contributed by atoms with Crippen LogP contribution in [-0.4, -0.2) is 68.1 Å². The molecule has 0 saturated carbocycles. The Morgan fingerprint density at radius 3 is 2.75 bits per heavy atom. The second-order valence-corrected chi connectivity index (χ2v) is 8.71. The van der Waals surface area contributed by atoms with Gasteiger partial charge in [-0.1, -0.05) is 12.1 Å². The van der Waals surface area contributed by atoms with Crippen LogP contribution in [0.15, 0.2) is 30.5 Å². The van der Waals surface area contributed by atoms with Gasteiger partial charge in [-0.2, -0.15) is 5.10 Å². The predicted molar refractivity (Wildman–Crippen MR) is 107 cm³/mol. The largest absolute Gasteiger partial charge is 0.508 e. The number of aromatic hydroxyl groups is 1. The number of aliphatic hydroxyl groups is 1. The van der Waals surface area contributed by atoms with Crippen molar-refractivity contribution in [3.8, 4) is 5.75 Å². The molecule has 6 heteroatoms. The highest BCUT2D eigenvalue weighted by molar-refractivity contribution is 5.33. The molecule has 150 valence electrons. The van der Waals surface area contributed by atoms with Crippen LogP contribution < -0.4 is 0 Å². The van der Waals surface area contributed by atoms with Gasteiger partial charge in [-0.25, -0.2) is 0 Å². The molecule has 0 unspecified atom stereocenters. The predicted octanol–water partition coefficient (Wildman–Crippen LogP) is 1.95. The molecule has 4 aliphatic heterocycles. The molecule has 6 rings (SSSR count). The normalized spacial score (nSPS) is 32.0. The van der Waals surface area contributed by atoms with Gasteiger partial charge in [0.1, 0.15) is 5.75 Å². The highest BCUT2D eigenvalue weighted by atomic mass is 16.3. The van der Waals surface area contributed by atoms with E-state index in [0.717, 1.165) is 24.7 Å². The van der Waals surface area contributed by atoms with Crippen LogP contribution in [-0.2, 0) is 13.1 Å². The molecule has 2 bridgehead atoms. The molecule has 5 heterocycles. The number of aliphatic hydroxyl groups excluding tert-OH is 1. The molecule has 28 heavy (non-hydrogen) atoms. The fraction of sp³-hybridized carbons (Fsp3) is 0.591. The zero-order valence-corrected chi connectivity index (χ0v) is 16.5. The van der Waals surface area contributed by atoms with E-state index in [1.807, 2.05) is 16.8 Å². The SMILES string of the molecule is Cc1nn(CCO)cc1CN1C[C@H](c2cccc(O)c2)[C@H]2[C@@H]1C1CCN2CC1. The third kappa shape index (κ3) is 3.04. The molecule has 1 aromatic carbocycles. The number of phenols is 1. The van der Waals surface area contributed by atoms with E-state index in [-0.39, 0.29) is 6.61 Å². The Hall–Kier alpha value is -1.89. The lowest BCUT2D eigenvalue weighted by Crippen LogP contribution is -2.59. The summed E-state index contributed by atoms with van der Waals surface area (Å²) < 4.78 is 1.86. The maximum absolute atomic E-state index is 10.0. The van der Waals surface area contributed by atoms with Gasteiger partial charge in [0, 0.05) is 42.9 Å². The summed E-state index contributed by atoms with van der Waals surface area (Å²) in [6, 6.07) is 9.00. The van der Waals surface area contributed by atoms with Crippen LogP contribution in [0.2, 0.25) is 0 Å². The Morgan fingerprint density at radius 1 is 1.18 bits per heavy atom. The number of benzene rings is 1. The number of nitrogens with zero attached hydrogens (tertiary/aromatic N) is 4. The van der Waals surface area contributed by atoms with Crippen molar-refractivity contribution in [1.29, 1.82) is 0 Å². The van der Waals surface area contributed by atoms with Gasteiger partial charge in [-0.3, -0.25) is 14.5 Å². The molecule has 0 spiro atoms. The highest BCUT2D eigenvalue weighted by Gasteiger charge is 2.53. The number of piperidine rings is 3. The molecule has 2 N–H and O–H groups in total.